The number of rotatable bonds is 1. The Morgan fingerprint density at radius 1 is 1.23 bits per heavy atom. The largest absolute Gasteiger partial charge is 0.462 e. The van der Waals surface area contributed by atoms with Crippen molar-refractivity contribution in [1.82, 2.24) is 0 Å². The summed E-state index contributed by atoms with van der Waals surface area (Å²) in [5.74, 6) is 1.65. The van der Waals surface area contributed by atoms with Gasteiger partial charge >= 0.3 is 5.97 Å². The summed E-state index contributed by atoms with van der Waals surface area (Å²) < 4.78 is 18.9. The van der Waals surface area contributed by atoms with Gasteiger partial charge in [0.25, 0.3) is 0 Å². The van der Waals surface area contributed by atoms with Crippen LogP contribution in [0.2, 0.25) is 0 Å². The summed E-state index contributed by atoms with van der Waals surface area (Å²) in [6.45, 7) is 8.86. The molecular formula is C21H32O5. The Balaban J connectivity index is 1.78. The molecule has 0 amide bonds. The molecule has 1 unspecified atom stereocenters. The van der Waals surface area contributed by atoms with Gasteiger partial charge in [0.05, 0.1) is 24.4 Å². The molecule has 26 heavy (non-hydrogen) atoms. The molecule has 5 heteroatoms. The smallest absolute Gasteiger partial charge is 0.302 e. The number of hydrogen-bond acceptors (Lipinski definition) is 5. The summed E-state index contributed by atoms with van der Waals surface area (Å²) in [6, 6.07) is 0. The van der Waals surface area contributed by atoms with Gasteiger partial charge in [0.1, 0.15) is 11.9 Å². The van der Waals surface area contributed by atoms with Gasteiger partial charge in [0.2, 0.25) is 0 Å². The van der Waals surface area contributed by atoms with Crippen molar-refractivity contribution >= 4 is 11.8 Å². The van der Waals surface area contributed by atoms with Crippen LogP contribution in [-0.4, -0.2) is 42.3 Å². The third kappa shape index (κ3) is 2.91. The van der Waals surface area contributed by atoms with Crippen molar-refractivity contribution < 1.29 is 23.8 Å². The SMILES string of the molecule is CC(=O)O[C@H]1[C@@H]2[C@@H]3C(C[C@H]1C)[C@@H](C)CO[C@@]1(C)CCCC(=O)C[C@@H]2O[C@@H]31. The molecule has 2 bridgehead atoms. The van der Waals surface area contributed by atoms with Crippen LogP contribution in [0.4, 0.5) is 0 Å². The van der Waals surface area contributed by atoms with Crippen molar-refractivity contribution in [2.75, 3.05) is 6.61 Å². The van der Waals surface area contributed by atoms with E-state index in [0.717, 1.165) is 25.9 Å². The van der Waals surface area contributed by atoms with E-state index in [2.05, 4.69) is 20.8 Å². The fraction of sp³-hybridized carbons (Fsp3) is 0.905. The van der Waals surface area contributed by atoms with E-state index < -0.39 is 0 Å². The Kier molecular flexibility index (Phi) is 4.67. The standard InChI is InChI=1S/C21H32O5/c1-11-8-15-12(2)10-24-21(4)7-5-6-14(23)9-16-18(17(15)20(21)26-16)19(11)25-13(3)22/h11-12,15-20H,5-10H2,1-4H3/t11-,12+,15?,16+,17+,18+,19-,20+,21+/m1/s1. The molecule has 4 rings (SSSR count). The second-order valence-corrected chi connectivity index (χ2v) is 9.40. The zero-order valence-corrected chi connectivity index (χ0v) is 16.4. The van der Waals surface area contributed by atoms with Gasteiger partial charge in [0.15, 0.2) is 0 Å². The van der Waals surface area contributed by atoms with Gasteiger partial charge in [-0.05, 0) is 49.9 Å². The van der Waals surface area contributed by atoms with Crippen molar-refractivity contribution in [3.05, 3.63) is 0 Å². The van der Waals surface area contributed by atoms with Gasteiger partial charge < -0.3 is 14.2 Å². The van der Waals surface area contributed by atoms with E-state index in [4.69, 9.17) is 14.2 Å². The molecule has 3 aliphatic heterocycles. The van der Waals surface area contributed by atoms with Crippen LogP contribution in [0.1, 0.15) is 59.8 Å². The van der Waals surface area contributed by atoms with Gasteiger partial charge in [-0.1, -0.05) is 13.8 Å². The highest BCUT2D eigenvalue weighted by Gasteiger charge is 2.63. The van der Waals surface area contributed by atoms with Crippen molar-refractivity contribution in [3.63, 3.8) is 0 Å². The van der Waals surface area contributed by atoms with Crippen LogP contribution in [0.25, 0.3) is 0 Å². The molecule has 3 heterocycles. The maximum absolute atomic E-state index is 12.5. The number of Topliss-reactive ketones (excluding diaryl/α,β-unsaturated/α-hetero) is 1. The first kappa shape index (κ1) is 18.4. The first-order chi connectivity index (χ1) is 12.3. The predicted molar refractivity (Wildman–Crippen MR) is 95.5 cm³/mol. The lowest BCUT2D eigenvalue weighted by Gasteiger charge is -2.46. The molecule has 1 saturated carbocycles. The van der Waals surface area contributed by atoms with Crippen LogP contribution in [0.15, 0.2) is 0 Å². The van der Waals surface area contributed by atoms with E-state index in [1.54, 1.807) is 0 Å². The third-order valence-electron chi connectivity index (χ3n) is 7.49. The van der Waals surface area contributed by atoms with E-state index in [-0.39, 0.29) is 47.5 Å². The highest BCUT2D eigenvalue weighted by molar-refractivity contribution is 5.79. The van der Waals surface area contributed by atoms with Gasteiger partial charge in [0, 0.05) is 25.7 Å². The molecule has 5 nitrogen and oxygen atoms in total. The number of carbonyl (C=O) groups is 2. The Hall–Kier alpha value is -0.940. The van der Waals surface area contributed by atoms with E-state index in [1.165, 1.54) is 6.92 Å². The second kappa shape index (κ2) is 6.59. The van der Waals surface area contributed by atoms with E-state index >= 15 is 0 Å². The minimum Gasteiger partial charge on any atom is -0.462 e. The molecule has 0 spiro atoms. The Bertz CT molecular complexity index is 589. The van der Waals surface area contributed by atoms with Crippen LogP contribution in [0.5, 0.6) is 0 Å². The number of carbonyl (C=O) groups excluding carboxylic acids is 2. The summed E-state index contributed by atoms with van der Waals surface area (Å²) in [5.41, 5.74) is -0.355. The number of hydrogen-bond donors (Lipinski definition) is 0. The van der Waals surface area contributed by atoms with Crippen LogP contribution < -0.4 is 0 Å². The molecule has 146 valence electrons. The third-order valence-corrected chi connectivity index (χ3v) is 7.49. The van der Waals surface area contributed by atoms with Crippen LogP contribution >= 0.6 is 0 Å². The zero-order chi connectivity index (χ0) is 18.6. The average molecular weight is 364 g/mol. The van der Waals surface area contributed by atoms with E-state index in [9.17, 15) is 9.59 Å². The molecule has 0 aromatic rings. The molecule has 4 fully saturated rings. The van der Waals surface area contributed by atoms with Gasteiger partial charge in [-0.25, -0.2) is 0 Å². The van der Waals surface area contributed by atoms with Crippen molar-refractivity contribution in [2.24, 2.45) is 29.6 Å². The minimum atomic E-state index is -0.355. The topological polar surface area (TPSA) is 61.8 Å². The number of fused-ring (bicyclic) bond motifs is 2. The summed E-state index contributed by atoms with van der Waals surface area (Å²) in [6.07, 6.45) is 3.46. The molecular weight excluding hydrogens is 332 g/mol. The normalized spacial score (nSPS) is 51.0. The summed E-state index contributed by atoms with van der Waals surface area (Å²) >= 11 is 0. The fourth-order valence-electron chi connectivity index (χ4n) is 6.30. The maximum atomic E-state index is 12.5. The highest BCUT2D eigenvalue weighted by Crippen LogP contribution is 2.57. The Labute approximate surface area is 156 Å². The number of ketones is 1. The van der Waals surface area contributed by atoms with Crippen LogP contribution in [0.3, 0.4) is 0 Å². The van der Waals surface area contributed by atoms with Crippen molar-refractivity contribution in [3.8, 4) is 0 Å². The summed E-state index contributed by atoms with van der Waals surface area (Å²) in [7, 11) is 0. The molecule has 9 atom stereocenters. The molecule has 0 radical (unpaired) electrons. The molecule has 3 saturated heterocycles. The Morgan fingerprint density at radius 2 is 2.00 bits per heavy atom. The summed E-state index contributed by atoms with van der Waals surface area (Å²) in [4.78, 5) is 24.3. The monoisotopic (exact) mass is 364 g/mol. The maximum Gasteiger partial charge on any atom is 0.302 e. The van der Waals surface area contributed by atoms with Crippen molar-refractivity contribution in [2.45, 2.75) is 83.7 Å². The van der Waals surface area contributed by atoms with Crippen LogP contribution in [-0.2, 0) is 23.8 Å². The molecule has 4 aliphatic rings. The first-order valence-corrected chi connectivity index (χ1v) is 10.3. The molecule has 0 aromatic carbocycles. The number of ether oxygens (including phenoxy) is 3. The zero-order valence-electron chi connectivity index (χ0n) is 16.4. The fourth-order valence-corrected chi connectivity index (χ4v) is 6.30. The lowest BCUT2D eigenvalue weighted by Crippen LogP contribution is -2.52. The highest BCUT2D eigenvalue weighted by atomic mass is 16.6. The lowest BCUT2D eigenvalue weighted by atomic mass is 9.59. The van der Waals surface area contributed by atoms with E-state index in [0.29, 0.717) is 30.6 Å². The van der Waals surface area contributed by atoms with Gasteiger partial charge in [-0.2, -0.15) is 0 Å². The van der Waals surface area contributed by atoms with Crippen LogP contribution in [0, 0.1) is 29.6 Å². The summed E-state index contributed by atoms with van der Waals surface area (Å²) in [5, 5.41) is 0. The Morgan fingerprint density at radius 3 is 2.73 bits per heavy atom. The molecule has 1 aliphatic carbocycles. The van der Waals surface area contributed by atoms with E-state index in [1.807, 2.05) is 0 Å². The average Bonchev–Trinajstić information content (AvgIpc) is 2.92. The van der Waals surface area contributed by atoms with Gasteiger partial charge in [-0.15, -0.1) is 0 Å². The quantitative estimate of drug-likeness (QED) is 0.669. The minimum absolute atomic E-state index is 0.0103. The molecule has 0 N–H and O–H groups in total. The molecule has 0 aromatic heterocycles. The predicted octanol–water partition coefficient (Wildman–Crippen LogP) is 3.14. The first-order valence-electron chi connectivity index (χ1n) is 10.3. The lowest BCUT2D eigenvalue weighted by molar-refractivity contribution is -0.160. The van der Waals surface area contributed by atoms with Crippen molar-refractivity contribution in [1.29, 1.82) is 0 Å². The van der Waals surface area contributed by atoms with Gasteiger partial charge in [-0.3, -0.25) is 9.59 Å². The number of esters is 1. The second-order valence-electron chi connectivity index (χ2n) is 9.40.